The standard InChI is InChI=1S/C22H26N3O2/c1-3-25(4-2)14-22(9-10-22)15-27-17-7-8-19-16(12-17)13-20(24-19)18-6-5-11-23-21(18)26/h6-8,11-13,24H,3-4,9-10,14-15H2,1-2H3,(H,23,26). The number of hydrogen-bond donors (Lipinski definition) is 2. The van der Waals surface area contributed by atoms with Crippen LogP contribution in [-0.4, -0.2) is 41.1 Å². The van der Waals surface area contributed by atoms with Crippen molar-refractivity contribution < 1.29 is 4.74 Å². The van der Waals surface area contributed by atoms with Crippen LogP contribution in [0.25, 0.3) is 22.2 Å². The number of aromatic nitrogens is 2. The number of aromatic amines is 2. The van der Waals surface area contributed by atoms with Gasteiger partial charge in [0.15, 0.2) is 0 Å². The van der Waals surface area contributed by atoms with Gasteiger partial charge in [0, 0.05) is 35.1 Å². The molecular weight excluding hydrogens is 338 g/mol. The first-order valence-corrected chi connectivity index (χ1v) is 9.69. The van der Waals surface area contributed by atoms with Gasteiger partial charge in [0.05, 0.1) is 17.9 Å². The van der Waals surface area contributed by atoms with Crippen LogP contribution in [0.5, 0.6) is 5.75 Å². The van der Waals surface area contributed by atoms with Crippen molar-refractivity contribution in [3.05, 3.63) is 52.9 Å². The molecule has 5 nitrogen and oxygen atoms in total. The molecule has 1 radical (unpaired) electrons. The Morgan fingerprint density at radius 1 is 1.22 bits per heavy atom. The molecule has 2 heterocycles. The summed E-state index contributed by atoms with van der Waals surface area (Å²) in [6, 6.07) is 12.7. The lowest BCUT2D eigenvalue weighted by Gasteiger charge is -2.25. The molecule has 0 atom stereocenters. The van der Waals surface area contributed by atoms with Crippen molar-refractivity contribution in [3.8, 4) is 17.0 Å². The van der Waals surface area contributed by atoms with Crippen LogP contribution in [0.1, 0.15) is 26.7 Å². The highest BCUT2D eigenvalue weighted by molar-refractivity contribution is 5.86. The first-order valence-electron chi connectivity index (χ1n) is 9.69. The predicted molar refractivity (Wildman–Crippen MR) is 108 cm³/mol. The molecule has 1 saturated carbocycles. The number of hydrogen-bond acceptors (Lipinski definition) is 3. The smallest absolute Gasteiger partial charge is 0.257 e. The van der Waals surface area contributed by atoms with E-state index in [2.05, 4.69) is 34.8 Å². The highest BCUT2D eigenvalue weighted by Gasteiger charge is 2.44. The van der Waals surface area contributed by atoms with Crippen molar-refractivity contribution in [1.29, 1.82) is 0 Å². The minimum absolute atomic E-state index is 0.121. The molecule has 2 aromatic heterocycles. The van der Waals surface area contributed by atoms with Gasteiger partial charge in [-0.3, -0.25) is 4.79 Å². The average molecular weight is 364 g/mol. The summed E-state index contributed by atoms with van der Waals surface area (Å²) in [4.78, 5) is 20.4. The van der Waals surface area contributed by atoms with Gasteiger partial charge < -0.3 is 19.6 Å². The summed E-state index contributed by atoms with van der Waals surface area (Å²) in [5, 5.41) is 1.04. The summed E-state index contributed by atoms with van der Waals surface area (Å²) in [5.74, 6) is 0.882. The van der Waals surface area contributed by atoms with Crippen LogP contribution in [0, 0.1) is 11.5 Å². The maximum atomic E-state index is 12.0. The lowest BCUT2D eigenvalue weighted by Crippen LogP contribution is -2.33. The van der Waals surface area contributed by atoms with Crippen molar-refractivity contribution >= 4 is 10.9 Å². The van der Waals surface area contributed by atoms with Crippen molar-refractivity contribution in [2.75, 3.05) is 26.2 Å². The Hall–Kier alpha value is -2.53. The molecule has 1 aliphatic rings. The second kappa shape index (κ2) is 7.24. The van der Waals surface area contributed by atoms with Crippen LogP contribution in [0.4, 0.5) is 0 Å². The van der Waals surface area contributed by atoms with Crippen molar-refractivity contribution in [2.24, 2.45) is 5.41 Å². The normalized spacial score (nSPS) is 15.4. The van der Waals surface area contributed by atoms with Gasteiger partial charge >= 0.3 is 0 Å². The lowest BCUT2D eigenvalue weighted by molar-refractivity contribution is 0.169. The van der Waals surface area contributed by atoms with Crippen LogP contribution >= 0.6 is 0 Å². The summed E-state index contributed by atoms with van der Waals surface area (Å²) in [7, 11) is 0. The Labute approximate surface area is 159 Å². The Bertz CT molecular complexity index is 980. The number of benzene rings is 1. The molecule has 5 heteroatoms. The fourth-order valence-corrected chi connectivity index (χ4v) is 3.60. The average Bonchev–Trinajstić information content (AvgIpc) is 3.33. The maximum Gasteiger partial charge on any atom is 0.257 e. The summed E-state index contributed by atoms with van der Waals surface area (Å²) in [6.45, 7) is 8.49. The molecular formula is C22H26N3O2. The zero-order valence-corrected chi connectivity index (χ0v) is 16.0. The highest BCUT2D eigenvalue weighted by atomic mass is 16.5. The molecule has 0 aliphatic heterocycles. The van der Waals surface area contributed by atoms with E-state index in [9.17, 15) is 4.79 Å². The quantitative estimate of drug-likeness (QED) is 0.639. The van der Waals surface area contributed by atoms with E-state index < -0.39 is 0 Å². The van der Waals surface area contributed by atoms with Gasteiger partial charge in [0.2, 0.25) is 0 Å². The Kier molecular flexibility index (Phi) is 4.79. The number of fused-ring (bicyclic) bond motifs is 1. The fourth-order valence-electron chi connectivity index (χ4n) is 3.60. The van der Waals surface area contributed by atoms with Crippen molar-refractivity contribution in [3.63, 3.8) is 0 Å². The molecule has 0 bridgehead atoms. The molecule has 141 valence electrons. The molecule has 4 rings (SSSR count). The maximum absolute atomic E-state index is 12.0. The second-order valence-electron chi connectivity index (χ2n) is 7.52. The van der Waals surface area contributed by atoms with Crippen molar-refractivity contribution in [2.45, 2.75) is 26.7 Å². The molecule has 1 aliphatic carbocycles. The van der Waals surface area contributed by atoms with Gasteiger partial charge in [-0.2, -0.15) is 0 Å². The van der Waals surface area contributed by atoms with E-state index in [1.807, 2.05) is 24.3 Å². The van der Waals surface area contributed by atoms with E-state index in [-0.39, 0.29) is 5.56 Å². The largest absolute Gasteiger partial charge is 0.493 e. The molecule has 27 heavy (non-hydrogen) atoms. The van der Waals surface area contributed by atoms with E-state index in [1.54, 1.807) is 6.07 Å². The zero-order chi connectivity index (χ0) is 18.9. The number of nitrogens with zero attached hydrogens (tertiary/aromatic N) is 1. The van der Waals surface area contributed by atoms with Gasteiger partial charge in [-0.05, 0) is 56.3 Å². The molecule has 1 aromatic carbocycles. The third-order valence-electron chi connectivity index (χ3n) is 5.60. The van der Waals surface area contributed by atoms with Gasteiger partial charge in [-0.25, -0.2) is 0 Å². The molecule has 3 aromatic rings. The predicted octanol–water partition coefficient (Wildman–Crippen LogP) is 3.82. The Balaban J connectivity index is 1.49. The monoisotopic (exact) mass is 364 g/mol. The van der Waals surface area contributed by atoms with E-state index in [0.717, 1.165) is 48.6 Å². The lowest BCUT2D eigenvalue weighted by atomic mass is 10.1. The number of H-pyrrole nitrogens is 2. The number of nitrogens with one attached hydrogen (secondary N) is 2. The van der Waals surface area contributed by atoms with E-state index in [1.165, 1.54) is 19.0 Å². The molecule has 1 fully saturated rings. The first kappa shape index (κ1) is 17.9. The Morgan fingerprint density at radius 2 is 2.04 bits per heavy atom. The minimum Gasteiger partial charge on any atom is -0.493 e. The Morgan fingerprint density at radius 3 is 2.74 bits per heavy atom. The van der Waals surface area contributed by atoms with Gasteiger partial charge in [0.1, 0.15) is 5.75 Å². The molecule has 0 saturated heterocycles. The van der Waals surface area contributed by atoms with Crippen LogP contribution in [0.3, 0.4) is 0 Å². The number of ether oxygens (including phenoxy) is 1. The zero-order valence-electron chi connectivity index (χ0n) is 16.0. The van der Waals surface area contributed by atoms with E-state index >= 15 is 0 Å². The first-order chi connectivity index (χ1) is 13.1. The third kappa shape index (κ3) is 3.78. The topological polar surface area (TPSA) is 61.1 Å². The van der Waals surface area contributed by atoms with Gasteiger partial charge in [-0.1, -0.05) is 13.8 Å². The van der Waals surface area contributed by atoms with Crippen LogP contribution < -0.4 is 10.3 Å². The summed E-state index contributed by atoms with van der Waals surface area (Å²) < 4.78 is 6.16. The molecule has 0 spiro atoms. The molecule has 2 N–H and O–H groups in total. The SMILES string of the molecule is CCN(CC)CC1(COc2ccc3[nH]c(-c4c[c]c[nH]c4=O)cc3c2)CC1. The van der Waals surface area contributed by atoms with E-state index in [4.69, 9.17) is 4.74 Å². The summed E-state index contributed by atoms with van der Waals surface area (Å²) in [5.41, 5.74) is 2.57. The van der Waals surface area contributed by atoms with Crippen LogP contribution in [0.2, 0.25) is 0 Å². The summed E-state index contributed by atoms with van der Waals surface area (Å²) in [6.07, 6.45) is 4.01. The highest BCUT2D eigenvalue weighted by Crippen LogP contribution is 2.46. The second-order valence-corrected chi connectivity index (χ2v) is 7.52. The number of rotatable bonds is 8. The molecule has 0 amide bonds. The van der Waals surface area contributed by atoms with Crippen LogP contribution in [-0.2, 0) is 0 Å². The fraction of sp³-hybridized carbons (Fsp3) is 0.409. The minimum atomic E-state index is -0.121. The number of pyridine rings is 1. The van der Waals surface area contributed by atoms with Crippen molar-refractivity contribution in [1.82, 2.24) is 14.9 Å². The summed E-state index contributed by atoms with van der Waals surface area (Å²) >= 11 is 0. The van der Waals surface area contributed by atoms with Gasteiger partial charge in [-0.15, -0.1) is 0 Å². The molecule has 0 unspecified atom stereocenters. The van der Waals surface area contributed by atoms with E-state index in [0.29, 0.717) is 11.0 Å². The van der Waals surface area contributed by atoms with Crippen LogP contribution in [0.15, 0.2) is 41.3 Å². The third-order valence-corrected chi connectivity index (χ3v) is 5.60. The van der Waals surface area contributed by atoms with Gasteiger partial charge in [0.25, 0.3) is 5.56 Å².